The number of hydrogen-bond acceptors (Lipinski definition) is 1. The van der Waals surface area contributed by atoms with Crippen LogP contribution in [0.15, 0.2) is 0 Å². The molecule has 1 aliphatic carbocycles. The summed E-state index contributed by atoms with van der Waals surface area (Å²) >= 11 is 0. The summed E-state index contributed by atoms with van der Waals surface area (Å²) in [5.74, 6) is 0.797. The maximum atomic E-state index is 10.1. The van der Waals surface area contributed by atoms with Crippen LogP contribution in [-0.2, 0) is 4.79 Å². The molecule has 12 heavy (non-hydrogen) atoms. The SMILES string of the molecule is CC.CC1CCCC(NC=O)C1. The predicted molar refractivity (Wildman–Crippen MR) is 52.0 cm³/mol. The van der Waals surface area contributed by atoms with Crippen molar-refractivity contribution < 1.29 is 4.79 Å². The summed E-state index contributed by atoms with van der Waals surface area (Å²) in [5.41, 5.74) is 0. The summed E-state index contributed by atoms with van der Waals surface area (Å²) in [7, 11) is 0. The molecule has 1 aliphatic rings. The molecule has 0 saturated heterocycles. The van der Waals surface area contributed by atoms with Crippen molar-refractivity contribution in [1.82, 2.24) is 5.32 Å². The normalized spacial score (nSPS) is 28.2. The van der Waals surface area contributed by atoms with E-state index in [-0.39, 0.29) is 0 Å². The van der Waals surface area contributed by atoms with Gasteiger partial charge in [-0.2, -0.15) is 0 Å². The second-order valence-corrected chi connectivity index (χ2v) is 3.25. The molecule has 0 aromatic rings. The third-order valence-electron chi connectivity index (χ3n) is 2.24. The van der Waals surface area contributed by atoms with E-state index in [0.717, 1.165) is 12.3 Å². The Morgan fingerprint density at radius 1 is 1.33 bits per heavy atom. The molecule has 2 atom stereocenters. The first-order valence-electron chi connectivity index (χ1n) is 5.02. The minimum Gasteiger partial charge on any atom is -0.356 e. The maximum Gasteiger partial charge on any atom is 0.207 e. The van der Waals surface area contributed by atoms with Gasteiger partial charge in [-0.25, -0.2) is 0 Å². The van der Waals surface area contributed by atoms with Crippen molar-refractivity contribution in [2.24, 2.45) is 5.92 Å². The molecule has 0 heterocycles. The fraction of sp³-hybridized carbons (Fsp3) is 0.900. The Morgan fingerprint density at radius 2 is 2.00 bits per heavy atom. The molecule has 1 saturated carbocycles. The van der Waals surface area contributed by atoms with Crippen LogP contribution in [0, 0.1) is 5.92 Å². The summed E-state index contributed by atoms with van der Waals surface area (Å²) in [6.45, 7) is 6.25. The first kappa shape index (κ1) is 11.5. The fourth-order valence-electron chi connectivity index (χ4n) is 1.68. The molecule has 1 rings (SSSR count). The van der Waals surface area contributed by atoms with Crippen LogP contribution in [0.25, 0.3) is 0 Å². The Hall–Kier alpha value is -0.530. The lowest BCUT2D eigenvalue weighted by molar-refractivity contribution is -0.110. The molecule has 2 heteroatoms. The molecule has 72 valence electrons. The largest absolute Gasteiger partial charge is 0.356 e. The van der Waals surface area contributed by atoms with Gasteiger partial charge in [-0.15, -0.1) is 0 Å². The van der Waals surface area contributed by atoms with Crippen LogP contribution in [0.3, 0.4) is 0 Å². The molecule has 2 unspecified atom stereocenters. The third-order valence-corrected chi connectivity index (χ3v) is 2.24. The number of rotatable bonds is 2. The molecule has 0 aromatic heterocycles. The number of carbonyl (C=O) groups excluding carboxylic acids is 1. The van der Waals surface area contributed by atoms with Crippen LogP contribution >= 0.6 is 0 Å². The van der Waals surface area contributed by atoms with Crippen LogP contribution < -0.4 is 5.32 Å². The highest BCUT2D eigenvalue weighted by atomic mass is 16.1. The minimum atomic E-state index is 0.459. The Bertz CT molecular complexity index is 114. The van der Waals surface area contributed by atoms with Crippen LogP contribution in [0.2, 0.25) is 0 Å². The van der Waals surface area contributed by atoms with E-state index < -0.39 is 0 Å². The highest BCUT2D eigenvalue weighted by Crippen LogP contribution is 2.22. The Labute approximate surface area is 75.7 Å². The molecule has 0 aliphatic heterocycles. The van der Waals surface area contributed by atoms with E-state index in [9.17, 15) is 4.79 Å². The number of carbonyl (C=O) groups is 1. The monoisotopic (exact) mass is 171 g/mol. The van der Waals surface area contributed by atoms with Crippen molar-refractivity contribution in [3.05, 3.63) is 0 Å². The summed E-state index contributed by atoms with van der Waals surface area (Å²) in [6, 6.07) is 0.459. The smallest absolute Gasteiger partial charge is 0.207 e. The fourth-order valence-corrected chi connectivity index (χ4v) is 1.68. The summed E-state index contributed by atoms with van der Waals surface area (Å²) in [4.78, 5) is 10.1. The Kier molecular flexibility index (Phi) is 6.82. The average Bonchev–Trinajstić information content (AvgIpc) is 2.09. The van der Waals surface area contributed by atoms with Gasteiger partial charge in [0.05, 0.1) is 0 Å². The van der Waals surface area contributed by atoms with E-state index in [1.165, 1.54) is 25.7 Å². The predicted octanol–water partition coefficient (Wildman–Crippen LogP) is 2.34. The molecule has 0 radical (unpaired) electrons. The third kappa shape index (κ3) is 4.37. The van der Waals surface area contributed by atoms with E-state index >= 15 is 0 Å². The van der Waals surface area contributed by atoms with Gasteiger partial charge in [0.1, 0.15) is 0 Å². The van der Waals surface area contributed by atoms with E-state index in [1.807, 2.05) is 13.8 Å². The summed E-state index contributed by atoms with van der Waals surface area (Å²) in [6.07, 6.45) is 5.76. The van der Waals surface area contributed by atoms with Crippen molar-refractivity contribution >= 4 is 6.41 Å². The lowest BCUT2D eigenvalue weighted by Crippen LogP contribution is -2.32. The van der Waals surface area contributed by atoms with Gasteiger partial charge in [-0.3, -0.25) is 4.79 Å². The molecule has 0 aromatic carbocycles. The van der Waals surface area contributed by atoms with Crippen LogP contribution in [0.4, 0.5) is 0 Å². The van der Waals surface area contributed by atoms with Crippen molar-refractivity contribution in [1.29, 1.82) is 0 Å². The lowest BCUT2D eigenvalue weighted by Gasteiger charge is -2.25. The molecule has 1 amide bonds. The number of nitrogens with one attached hydrogen (secondary N) is 1. The van der Waals surface area contributed by atoms with Gasteiger partial charge in [0.15, 0.2) is 0 Å². The quantitative estimate of drug-likeness (QED) is 0.635. The molecule has 0 bridgehead atoms. The van der Waals surface area contributed by atoms with E-state index in [2.05, 4.69) is 12.2 Å². The standard InChI is InChI=1S/C8H15NO.C2H6/c1-7-3-2-4-8(5-7)9-6-10;1-2/h6-8H,2-5H2,1H3,(H,9,10);1-2H3. The summed E-state index contributed by atoms with van der Waals surface area (Å²) in [5, 5.41) is 2.83. The zero-order chi connectivity index (χ0) is 9.40. The second kappa shape index (κ2) is 7.14. The average molecular weight is 171 g/mol. The topological polar surface area (TPSA) is 29.1 Å². The van der Waals surface area contributed by atoms with E-state index in [0.29, 0.717) is 6.04 Å². The van der Waals surface area contributed by atoms with Gasteiger partial charge in [0.25, 0.3) is 0 Å². The maximum absolute atomic E-state index is 10.1. The highest BCUT2D eigenvalue weighted by Gasteiger charge is 2.17. The van der Waals surface area contributed by atoms with E-state index in [1.54, 1.807) is 0 Å². The van der Waals surface area contributed by atoms with Crippen molar-refractivity contribution in [2.75, 3.05) is 0 Å². The minimum absolute atomic E-state index is 0.459. The van der Waals surface area contributed by atoms with Crippen molar-refractivity contribution in [3.63, 3.8) is 0 Å². The first-order valence-corrected chi connectivity index (χ1v) is 5.02. The molecule has 1 fully saturated rings. The zero-order valence-electron chi connectivity index (χ0n) is 8.47. The highest BCUT2D eigenvalue weighted by molar-refractivity contribution is 5.46. The number of amides is 1. The van der Waals surface area contributed by atoms with Gasteiger partial charge < -0.3 is 5.32 Å². The van der Waals surface area contributed by atoms with Gasteiger partial charge in [-0.1, -0.05) is 33.6 Å². The van der Waals surface area contributed by atoms with Gasteiger partial charge in [-0.05, 0) is 18.8 Å². The van der Waals surface area contributed by atoms with Gasteiger partial charge in [0, 0.05) is 6.04 Å². The van der Waals surface area contributed by atoms with Crippen LogP contribution in [0.5, 0.6) is 0 Å². The molecule has 0 spiro atoms. The van der Waals surface area contributed by atoms with E-state index in [4.69, 9.17) is 0 Å². The molecular weight excluding hydrogens is 150 g/mol. The number of hydrogen-bond donors (Lipinski definition) is 1. The van der Waals surface area contributed by atoms with Crippen molar-refractivity contribution in [2.45, 2.75) is 52.5 Å². The molecular formula is C10H21NO. The van der Waals surface area contributed by atoms with Crippen LogP contribution in [0.1, 0.15) is 46.5 Å². The Morgan fingerprint density at radius 3 is 2.50 bits per heavy atom. The van der Waals surface area contributed by atoms with Gasteiger partial charge >= 0.3 is 0 Å². The Balaban J connectivity index is 0.000000561. The lowest BCUT2D eigenvalue weighted by atomic mass is 9.87. The van der Waals surface area contributed by atoms with Crippen LogP contribution in [-0.4, -0.2) is 12.5 Å². The second-order valence-electron chi connectivity index (χ2n) is 3.25. The van der Waals surface area contributed by atoms with Gasteiger partial charge in [0.2, 0.25) is 6.41 Å². The molecule has 1 N–H and O–H groups in total. The zero-order valence-corrected chi connectivity index (χ0v) is 8.47. The first-order chi connectivity index (χ1) is 5.83. The van der Waals surface area contributed by atoms with Crippen molar-refractivity contribution in [3.8, 4) is 0 Å². The summed E-state index contributed by atoms with van der Waals surface area (Å²) < 4.78 is 0. The molecule has 2 nitrogen and oxygen atoms in total.